The predicted octanol–water partition coefficient (Wildman–Crippen LogP) is 4.64. The number of rotatable bonds is 5. The van der Waals surface area contributed by atoms with Crippen LogP contribution in [0.1, 0.15) is 18.1 Å². The van der Waals surface area contributed by atoms with E-state index in [0.29, 0.717) is 22.3 Å². The highest BCUT2D eigenvalue weighted by atomic mass is 79.9. The molecule has 2 N–H and O–H groups in total. The van der Waals surface area contributed by atoms with E-state index in [4.69, 9.17) is 5.26 Å². The molecule has 0 aliphatic rings. The van der Waals surface area contributed by atoms with Gasteiger partial charge in [-0.2, -0.15) is 5.26 Å². The predicted molar refractivity (Wildman–Crippen MR) is 124 cm³/mol. The van der Waals surface area contributed by atoms with Gasteiger partial charge in [-0.25, -0.2) is 9.36 Å². The van der Waals surface area contributed by atoms with Gasteiger partial charge in [-0.05, 0) is 76.1 Å². The van der Waals surface area contributed by atoms with E-state index in [1.54, 1.807) is 30.3 Å². The molecule has 0 bridgehead atoms. The van der Waals surface area contributed by atoms with E-state index in [-0.39, 0.29) is 5.56 Å². The molecule has 3 rings (SSSR count). The molecule has 1 aromatic heterocycles. The number of nitriles is 1. The third kappa shape index (κ3) is 4.59. The van der Waals surface area contributed by atoms with Crippen molar-refractivity contribution in [3.63, 3.8) is 0 Å². The maximum absolute atomic E-state index is 12.4. The van der Waals surface area contributed by atoms with Crippen LogP contribution in [0.2, 0.25) is 0 Å². The standard InChI is InChI=1S/C20H14Br2N4O3S/c1-2-11-7-12(21)3-6-17(11)26-19(28)14(18(27)25-20(26)29)9-24-16-5-4-13(30-10-23)8-15(16)22/h3-9,28H,2H2,1H3,(H,25,27,29). The van der Waals surface area contributed by atoms with E-state index in [9.17, 15) is 14.7 Å². The van der Waals surface area contributed by atoms with Crippen LogP contribution in [0, 0.1) is 10.7 Å². The van der Waals surface area contributed by atoms with Gasteiger partial charge in [0.15, 0.2) is 0 Å². The molecule has 0 saturated heterocycles. The van der Waals surface area contributed by atoms with Gasteiger partial charge in [0, 0.05) is 20.1 Å². The monoisotopic (exact) mass is 548 g/mol. The average molecular weight is 550 g/mol. The summed E-state index contributed by atoms with van der Waals surface area (Å²) in [4.78, 5) is 32.0. The molecule has 0 fully saturated rings. The molecule has 7 nitrogen and oxygen atoms in total. The third-order valence-corrected chi connectivity index (χ3v) is 5.91. The Morgan fingerprint density at radius 3 is 2.70 bits per heavy atom. The van der Waals surface area contributed by atoms with Gasteiger partial charge >= 0.3 is 5.69 Å². The van der Waals surface area contributed by atoms with Gasteiger partial charge in [-0.1, -0.05) is 22.9 Å². The van der Waals surface area contributed by atoms with Crippen LogP contribution in [0.25, 0.3) is 5.69 Å². The normalized spacial score (nSPS) is 11.0. The molecule has 0 aliphatic carbocycles. The number of nitrogens with one attached hydrogen (secondary N) is 1. The van der Waals surface area contributed by atoms with Crippen molar-refractivity contribution in [3.8, 4) is 17.0 Å². The fraction of sp³-hybridized carbons (Fsp3) is 0.100. The van der Waals surface area contributed by atoms with Crippen molar-refractivity contribution in [2.45, 2.75) is 18.2 Å². The summed E-state index contributed by atoms with van der Waals surface area (Å²) < 4.78 is 2.50. The zero-order valence-corrected chi connectivity index (χ0v) is 19.5. The second-order valence-electron chi connectivity index (χ2n) is 6.02. The molecular weight excluding hydrogens is 536 g/mol. The number of hydrogen-bond donors (Lipinski definition) is 2. The number of H-pyrrole nitrogens is 1. The van der Waals surface area contributed by atoms with Crippen molar-refractivity contribution in [2.75, 3.05) is 0 Å². The van der Waals surface area contributed by atoms with E-state index in [2.05, 4.69) is 41.8 Å². The molecule has 0 spiro atoms. The molecular formula is C20H14Br2N4O3S. The fourth-order valence-electron chi connectivity index (χ4n) is 2.78. The van der Waals surface area contributed by atoms with E-state index >= 15 is 0 Å². The lowest BCUT2D eigenvalue weighted by molar-refractivity contribution is 0.429. The number of thioether (sulfide) groups is 1. The Morgan fingerprint density at radius 1 is 1.27 bits per heavy atom. The first-order valence-corrected chi connectivity index (χ1v) is 11.0. The molecule has 2 aromatic carbocycles. The van der Waals surface area contributed by atoms with Crippen LogP contribution in [0.4, 0.5) is 5.69 Å². The molecule has 0 saturated carbocycles. The average Bonchev–Trinajstić information content (AvgIpc) is 2.70. The van der Waals surface area contributed by atoms with Gasteiger partial charge in [0.25, 0.3) is 5.56 Å². The second-order valence-corrected chi connectivity index (χ2v) is 8.65. The quantitative estimate of drug-likeness (QED) is 0.273. The lowest BCUT2D eigenvalue weighted by atomic mass is 10.1. The topological polar surface area (TPSA) is 111 Å². The minimum atomic E-state index is -0.750. The molecule has 152 valence electrons. The molecule has 30 heavy (non-hydrogen) atoms. The van der Waals surface area contributed by atoms with Crippen molar-refractivity contribution in [1.82, 2.24) is 9.55 Å². The molecule has 0 aliphatic heterocycles. The van der Waals surface area contributed by atoms with Gasteiger partial charge < -0.3 is 5.11 Å². The zero-order valence-electron chi connectivity index (χ0n) is 15.5. The number of hydrogen-bond acceptors (Lipinski definition) is 6. The van der Waals surface area contributed by atoms with E-state index < -0.39 is 17.1 Å². The van der Waals surface area contributed by atoms with Crippen LogP contribution in [0.5, 0.6) is 5.88 Å². The number of aryl methyl sites for hydroxylation is 1. The Hall–Kier alpha value is -2.61. The first-order valence-electron chi connectivity index (χ1n) is 8.62. The van der Waals surface area contributed by atoms with Crippen molar-refractivity contribution < 1.29 is 5.11 Å². The summed E-state index contributed by atoms with van der Waals surface area (Å²) in [5.74, 6) is -0.502. The number of benzene rings is 2. The summed E-state index contributed by atoms with van der Waals surface area (Å²) in [6, 6.07) is 10.4. The summed E-state index contributed by atoms with van der Waals surface area (Å²) in [6.45, 7) is 1.92. The molecule has 0 unspecified atom stereocenters. The summed E-state index contributed by atoms with van der Waals surface area (Å²) >= 11 is 7.77. The second kappa shape index (κ2) is 9.47. The number of aliphatic imine (C=N–C) groups is 1. The number of nitrogens with zero attached hydrogens (tertiary/aromatic N) is 3. The number of thiocyanates is 1. The first kappa shape index (κ1) is 22.1. The highest BCUT2D eigenvalue weighted by Crippen LogP contribution is 2.30. The van der Waals surface area contributed by atoms with E-state index in [0.717, 1.165) is 31.3 Å². The van der Waals surface area contributed by atoms with Crippen LogP contribution >= 0.6 is 43.6 Å². The van der Waals surface area contributed by atoms with E-state index in [1.165, 1.54) is 6.21 Å². The molecule has 0 amide bonds. The Labute approximate surface area is 192 Å². The van der Waals surface area contributed by atoms with Gasteiger partial charge in [-0.3, -0.25) is 14.8 Å². The maximum Gasteiger partial charge on any atom is 0.335 e. The van der Waals surface area contributed by atoms with Crippen LogP contribution in [-0.4, -0.2) is 20.9 Å². The minimum absolute atomic E-state index is 0.151. The van der Waals surface area contributed by atoms with Gasteiger partial charge in [0.05, 0.1) is 11.4 Å². The van der Waals surface area contributed by atoms with Crippen molar-refractivity contribution in [3.05, 3.63) is 77.3 Å². The number of aromatic amines is 1. The third-order valence-electron chi connectivity index (χ3n) is 4.20. The van der Waals surface area contributed by atoms with Crippen LogP contribution in [-0.2, 0) is 6.42 Å². The van der Waals surface area contributed by atoms with Crippen LogP contribution in [0.3, 0.4) is 0 Å². The smallest absolute Gasteiger partial charge is 0.335 e. The molecule has 0 atom stereocenters. The Kier molecular flexibility index (Phi) is 6.97. The lowest BCUT2D eigenvalue weighted by Crippen LogP contribution is -2.31. The highest BCUT2D eigenvalue weighted by molar-refractivity contribution is 9.10. The summed E-state index contributed by atoms with van der Waals surface area (Å²) in [7, 11) is 0. The fourth-order valence-corrected chi connectivity index (χ4v) is 4.24. The summed E-state index contributed by atoms with van der Waals surface area (Å²) in [5.41, 5.74) is 0.123. The van der Waals surface area contributed by atoms with Gasteiger partial charge in [0.2, 0.25) is 5.88 Å². The van der Waals surface area contributed by atoms with Gasteiger partial charge in [-0.15, -0.1) is 0 Å². The summed E-state index contributed by atoms with van der Waals surface area (Å²) in [5, 5.41) is 21.5. The first-order chi connectivity index (χ1) is 14.3. The zero-order chi connectivity index (χ0) is 21.8. The maximum atomic E-state index is 12.4. The van der Waals surface area contributed by atoms with Crippen LogP contribution < -0.4 is 11.2 Å². The number of aromatic nitrogens is 2. The lowest BCUT2D eigenvalue weighted by Gasteiger charge is -2.13. The summed E-state index contributed by atoms with van der Waals surface area (Å²) in [6.07, 6.45) is 1.81. The van der Waals surface area contributed by atoms with Gasteiger partial charge in [0.1, 0.15) is 11.0 Å². The molecule has 3 aromatic rings. The minimum Gasteiger partial charge on any atom is -0.493 e. The number of halogens is 2. The number of aromatic hydroxyl groups is 1. The Balaban J connectivity index is 2.11. The van der Waals surface area contributed by atoms with Crippen molar-refractivity contribution in [1.29, 1.82) is 5.26 Å². The molecule has 0 radical (unpaired) electrons. The SMILES string of the molecule is CCc1cc(Br)ccc1-n1c(O)c(C=Nc2ccc(SC#N)cc2Br)c(=O)[nH]c1=O. The van der Waals surface area contributed by atoms with E-state index in [1.807, 2.05) is 18.4 Å². The Bertz CT molecular complexity index is 1310. The molecule has 10 heteroatoms. The Morgan fingerprint density at radius 2 is 2.03 bits per heavy atom. The highest BCUT2D eigenvalue weighted by Gasteiger charge is 2.16. The molecule has 1 heterocycles. The van der Waals surface area contributed by atoms with Crippen molar-refractivity contribution in [2.24, 2.45) is 4.99 Å². The van der Waals surface area contributed by atoms with Crippen molar-refractivity contribution >= 4 is 55.5 Å². The van der Waals surface area contributed by atoms with Crippen LogP contribution in [0.15, 0.2) is 64.8 Å². The largest absolute Gasteiger partial charge is 0.493 e.